The number of para-hydroxylation sites is 1. The Morgan fingerprint density at radius 2 is 2.04 bits per heavy atom. The van der Waals surface area contributed by atoms with Gasteiger partial charge in [0.1, 0.15) is 5.69 Å². The van der Waals surface area contributed by atoms with Crippen LogP contribution in [0.5, 0.6) is 0 Å². The minimum atomic E-state index is -1.21. The van der Waals surface area contributed by atoms with E-state index < -0.39 is 10.9 Å². The van der Waals surface area contributed by atoms with Crippen molar-refractivity contribution in [1.82, 2.24) is 0 Å². The van der Waals surface area contributed by atoms with Crippen molar-refractivity contribution in [1.29, 1.82) is 0 Å². The third kappa shape index (κ3) is 3.58. The van der Waals surface area contributed by atoms with Crippen molar-refractivity contribution in [2.24, 2.45) is 5.92 Å². The van der Waals surface area contributed by atoms with Crippen molar-refractivity contribution in [2.45, 2.75) is 19.8 Å². The monoisotopic (exact) mass is 322 g/mol. The second kappa shape index (κ2) is 7.08. The molecule has 0 spiro atoms. The number of rotatable bonds is 5. The second-order valence-electron chi connectivity index (χ2n) is 5.25. The second-order valence-corrected chi connectivity index (χ2v) is 5.25. The molecule has 124 valence electrons. The van der Waals surface area contributed by atoms with Crippen LogP contribution in [0.3, 0.4) is 0 Å². The van der Waals surface area contributed by atoms with Gasteiger partial charge < -0.3 is 14.7 Å². The molecule has 0 aromatic heterocycles. The van der Waals surface area contributed by atoms with E-state index in [1.165, 1.54) is 18.2 Å². The van der Waals surface area contributed by atoms with Crippen molar-refractivity contribution in [3.8, 4) is 0 Å². The lowest BCUT2D eigenvalue weighted by Crippen LogP contribution is -2.38. The Morgan fingerprint density at radius 3 is 2.57 bits per heavy atom. The summed E-state index contributed by atoms with van der Waals surface area (Å²) < 4.78 is 4.99. The molecule has 1 aliphatic rings. The van der Waals surface area contributed by atoms with Gasteiger partial charge in [-0.15, -0.1) is 0 Å². The first-order valence-corrected chi connectivity index (χ1v) is 7.38. The van der Waals surface area contributed by atoms with E-state index in [0.29, 0.717) is 32.5 Å². The molecule has 1 fully saturated rings. The molecule has 0 bridgehead atoms. The highest BCUT2D eigenvalue weighted by atomic mass is 16.6. The Bertz CT molecular complexity index is 590. The summed E-state index contributed by atoms with van der Waals surface area (Å²) in [4.78, 5) is 35.4. The molecule has 8 nitrogen and oxygen atoms in total. The van der Waals surface area contributed by atoms with Gasteiger partial charge in [0.05, 0.1) is 23.0 Å². The normalized spacial score (nSPS) is 15.3. The predicted molar refractivity (Wildman–Crippen MR) is 81.6 cm³/mol. The standard InChI is InChI=1S/C15H18N2O6/c1-2-23-15(20)10-6-8-16(9-7-10)13-11(14(18)19)4-3-5-12(13)17(21)22/h3-5,10H,2,6-9H2,1H3,(H,18,19). The summed E-state index contributed by atoms with van der Waals surface area (Å²) in [7, 11) is 0. The van der Waals surface area contributed by atoms with Gasteiger partial charge in [-0.3, -0.25) is 14.9 Å². The highest BCUT2D eigenvalue weighted by molar-refractivity contribution is 5.97. The van der Waals surface area contributed by atoms with Crippen LogP contribution < -0.4 is 4.90 Å². The third-order valence-electron chi connectivity index (χ3n) is 3.87. The number of nitro benzene ring substituents is 1. The summed E-state index contributed by atoms with van der Waals surface area (Å²) in [5.74, 6) is -1.73. The molecule has 0 saturated carbocycles. The summed E-state index contributed by atoms with van der Waals surface area (Å²) in [6, 6.07) is 4.00. The van der Waals surface area contributed by atoms with Crippen LogP contribution in [0, 0.1) is 16.0 Å². The number of carbonyl (C=O) groups is 2. The van der Waals surface area contributed by atoms with E-state index in [-0.39, 0.29) is 28.8 Å². The zero-order valence-corrected chi connectivity index (χ0v) is 12.7. The maximum Gasteiger partial charge on any atom is 0.338 e. The maximum atomic E-state index is 11.7. The molecule has 0 aliphatic carbocycles. The summed E-state index contributed by atoms with van der Waals surface area (Å²) in [5.41, 5.74) is -0.236. The zero-order valence-electron chi connectivity index (χ0n) is 12.7. The number of carbonyl (C=O) groups excluding carboxylic acids is 1. The van der Waals surface area contributed by atoms with Gasteiger partial charge in [-0.25, -0.2) is 4.79 Å². The minimum Gasteiger partial charge on any atom is -0.478 e. The number of carboxylic acids is 1. The number of hydrogen-bond acceptors (Lipinski definition) is 6. The van der Waals surface area contributed by atoms with Crippen molar-refractivity contribution < 1.29 is 24.4 Å². The number of esters is 1. The highest BCUT2D eigenvalue weighted by Gasteiger charge is 2.31. The number of hydrogen-bond donors (Lipinski definition) is 1. The molecule has 1 saturated heterocycles. The first-order valence-electron chi connectivity index (χ1n) is 7.38. The molecule has 2 rings (SSSR count). The molecule has 1 aromatic rings. The van der Waals surface area contributed by atoms with E-state index in [9.17, 15) is 24.8 Å². The van der Waals surface area contributed by atoms with Crippen LogP contribution in [0.1, 0.15) is 30.1 Å². The smallest absolute Gasteiger partial charge is 0.338 e. The van der Waals surface area contributed by atoms with Crippen LogP contribution in [0.25, 0.3) is 0 Å². The van der Waals surface area contributed by atoms with E-state index in [0.717, 1.165) is 0 Å². The largest absolute Gasteiger partial charge is 0.478 e. The minimum absolute atomic E-state index is 0.103. The van der Waals surface area contributed by atoms with E-state index in [1.807, 2.05) is 0 Å². The molecular weight excluding hydrogens is 304 g/mol. The Morgan fingerprint density at radius 1 is 1.39 bits per heavy atom. The summed E-state index contributed by atoms with van der Waals surface area (Å²) >= 11 is 0. The SMILES string of the molecule is CCOC(=O)C1CCN(c2c(C(=O)O)cccc2[N+](=O)[O-])CC1. The van der Waals surface area contributed by atoms with Gasteiger partial charge >= 0.3 is 11.9 Å². The Hall–Kier alpha value is -2.64. The number of piperidine rings is 1. The molecule has 1 N–H and O–H groups in total. The van der Waals surface area contributed by atoms with Gasteiger partial charge in [-0.1, -0.05) is 6.07 Å². The predicted octanol–water partition coefficient (Wildman–Crippen LogP) is 2.07. The van der Waals surface area contributed by atoms with Gasteiger partial charge in [0.15, 0.2) is 0 Å². The Labute approximate surface area is 132 Å². The zero-order chi connectivity index (χ0) is 17.0. The van der Waals surface area contributed by atoms with Crippen molar-refractivity contribution >= 4 is 23.3 Å². The van der Waals surface area contributed by atoms with Crippen molar-refractivity contribution in [3.63, 3.8) is 0 Å². The Balaban J connectivity index is 2.25. The average molecular weight is 322 g/mol. The summed E-state index contributed by atoms with van der Waals surface area (Å²) in [5, 5.41) is 20.5. The van der Waals surface area contributed by atoms with Crippen LogP contribution >= 0.6 is 0 Å². The maximum absolute atomic E-state index is 11.7. The molecular formula is C15H18N2O6. The van der Waals surface area contributed by atoms with E-state index in [2.05, 4.69) is 0 Å². The first kappa shape index (κ1) is 16.7. The molecule has 8 heteroatoms. The number of anilines is 1. The van der Waals surface area contributed by atoms with E-state index >= 15 is 0 Å². The topological polar surface area (TPSA) is 110 Å². The van der Waals surface area contributed by atoms with Crippen LogP contribution in [-0.2, 0) is 9.53 Å². The Kier molecular flexibility index (Phi) is 5.15. The molecule has 1 aliphatic heterocycles. The number of nitrogens with zero attached hydrogens (tertiary/aromatic N) is 2. The van der Waals surface area contributed by atoms with Crippen LogP contribution in [0.15, 0.2) is 18.2 Å². The van der Waals surface area contributed by atoms with Gasteiger partial charge in [0.2, 0.25) is 0 Å². The van der Waals surface area contributed by atoms with Gasteiger partial charge in [-0.05, 0) is 25.8 Å². The lowest BCUT2D eigenvalue weighted by atomic mass is 9.95. The highest BCUT2D eigenvalue weighted by Crippen LogP contribution is 2.35. The van der Waals surface area contributed by atoms with Gasteiger partial charge in [-0.2, -0.15) is 0 Å². The molecule has 0 amide bonds. The molecule has 1 heterocycles. The molecule has 1 aromatic carbocycles. The van der Waals surface area contributed by atoms with E-state index in [4.69, 9.17) is 4.74 Å². The number of benzene rings is 1. The number of nitro groups is 1. The first-order chi connectivity index (χ1) is 11.0. The number of carboxylic acid groups (broad SMARTS) is 1. The van der Waals surface area contributed by atoms with Crippen LogP contribution in [-0.4, -0.2) is 41.7 Å². The summed E-state index contributed by atoms with van der Waals surface area (Å²) in [6.07, 6.45) is 0.952. The lowest BCUT2D eigenvalue weighted by molar-refractivity contribution is -0.384. The molecule has 0 atom stereocenters. The van der Waals surface area contributed by atoms with Crippen molar-refractivity contribution in [2.75, 3.05) is 24.6 Å². The fraction of sp³-hybridized carbons (Fsp3) is 0.467. The molecule has 23 heavy (non-hydrogen) atoms. The molecule has 0 unspecified atom stereocenters. The third-order valence-corrected chi connectivity index (χ3v) is 3.87. The average Bonchev–Trinajstić information content (AvgIpc) is 2.54. The van der Waals surface area contributed by atoms with Crippen molar-refractivity contribution in [3.05, 3.63) is 33.9 Å². The molecule has 0 radical (unpaired) electrons. The number of ether oxygens (including phenoxy) is 1. The quantitative estimate of drug-likeness (QED) is 0.502. The van der Waals surface area contributed by atoms with Gasteiger partial charge in [0, 0.05) is 19.2 Å². The number of aromatic carboxylic acids is 1. The van der Waals surface area contributed by atoms with E-state index in [1.54, 1.807) is 11.8 Å². The summed E-state index contributed by atoms with van der Waals surface area (Å²) in [6.45, 7) is 2.79. The fourth-order valence-corrected chi connectivity index (χ4v) is 2.78. The van der Waals surface area contributed by atoms with Crippen LogP contribution in [0.2, 0.25) is 0 Å². The fourth-order valence-electron chi connectivity index (χ4n) is 2.78. The van der Waals surface area contributed by atoms with Crippen LogP contribution in [0.4, 0.5) is 11.4 Å². The lowest BCUT2D eigenvalue weighted by Gasteiger charge is -2.32. The van der Waals surface area contributed by atoms with Gasteiger partial charge in [0.25, 0.3) is 5.69 Å².